The molecule has 0 aromatic heterocycles. The summed E-state index contributed by atoms with van der Waals surface area (Å²) in [5, 5.41) is 0. The molecule has 2 nitrogen and oxygen atoms in total. The maximum absolute atomic E-state index is 12.0. The molecule has 0 atom stereocenters. The van der Waals surface area contributed by atoms with Crippen molar-refractivity contribution in [2.75, 3.05) is 0 Å². The van der Waals surface area contributed by atoms with Crippen LogP contribution in [0.25, 0.3) is 0 Å². The molecule has 0 unspecified atom stereocenters. The first-order chi connectivity index (χ1) is 9.42. The molecule has 20 heavy (non-hydrogen) atoms. The molecule has 0 saturated heterocycles. The first-order valence-electron chi connectivity index (χ1n) is 5.65. The summed E-state index contributed by atoms with van der Waals surface area (Å²) >= 11 is 2.17. The molecule has 0 aliphatic rings. The van der Waals surface area contributed by atoms with E-state index in [0.717, 1.165) is 9.13 Å². The number of rotatable bonds is 4. The van der Waals surface area contributed by atoms with Crippen LogP contribution in [0.3, 0.4) is 0 Å². The quantitative estimate of drug-likeness (QED) is 0.696. The van der Waals surface area contributed by atoms with Crippen molar-refractivity contribution >= 4 is 22.6 Å². The molecule has 0 heterocycles. The van der Waals surface area contributed by atoms with E-state index in [-0.39, 0.29) is 12.4 Å². The Morgan fingerprint density at radius 3 is 2.25 bits per heavy atom. The monoisotopic (exact) mass is 394 g/mol. The molecule has 0 aliphatic heterocycles. The van der Waals surface area contributed by atoms with Gasteiger partial charge in [-0.1, -0.05) is 18.2 Å². The van der Waals surface area contributed by atoms with Gasteiger partial charge in [-0.05, 0) is 58.5 Å². The van der Waals surface area contributed by atoms with Crippen molar-refractivity contribution < 1.29 is 22.6 Å². The van der Waals surface area contributed by atoms with E-state index in [9.17, 15) is 13.2 Å². The van der Waals surface area contributed by atoms with Gasteiger partial charge in [-0.3, -0.25) is 0 Å². The zero-order valence-electron chi connectivity index (χ0n) is 10.2. The van der Waals surface area contributed by atoms with Crippen LogP contribution < -0.4 is 9.47 Å². The maximum Gasteiger partial charge on any atom is 0.573 e. The SMILES string of the molecule is FC(F)(F)Oc1ccc(COc2cccc(I)c2)cc1. The van der Waals surface area contributed by atoms with E-state index >= 15 is 0 Å². The van der Waals surface area contributed by atoms with Crippen LogP contribution in [0.5, 0.6) is 11.5 Å². The van der Waals surface area contributed by atoms with Gasteiger partial charge in [0.1, 0.15) is 18.1 Å². The number of benzene rings is 2. The van der Waals surface area contributed by atoms with Gasteiger partial charge in [-0.15, -0.1) is 13.2 Å². The van der Waals surface area contributed by atoms with E-state index in [1.54, 1.807) is 0 Å². The van der Waals surface area contributed by atoms with Crippen molar-refractivity contribution in [3.63, 3.8) is 0 Å². The molecule has 2 rings (SSSR count). The Morgan fingerprint density at radius 2 is 1.65 bits per heavy atom. The molecule has 6 heteroatoms. The third kappa shape index (κ3) is 4.92. The highest BCUT2D eigenvalue weighted by Gasteiger charge is 2.30. The normalized spacial score (nSPS) is 11.2. The van der Waals surface area contributed by atoms with Gasteiger partial charge in [-0.2, -0.15) is 0 Å². The van der Waals surface area contributed by atoms with Crippen molar-refractivity contribution in [1.29, 1.82) is 0 Å². The second-order valence-electron chi connectivity index (χ2n) is 3.94. The molecule has 0 N–H and O–H groups in total. The Morgan fingerprint density at radius 1 is 0.950 bits per heavy atom. The summed E-state index contributed by atoms with van der Waals surface area (Å²) in [5.74, 6) is 0.475. The number of alkyl halides is 3. The van der Waals surface area contributed by atoms with Crippen LogP contribution in [-0.2, 0) is 6.61 Å². The summed E-state index contributed by atoms with van der Waals surface area (Å²) in [4.78, 5) is 0. The Bertz CT molecular complexity index is 567. The molecule has 0 radical (unpaired) electrons. The molecule has 106 valence electrons. The Hall–Kier alpha value is -1.44. The van der Waals surface area contributed by atoms with E-state index in [4.69, 9.17) is 4.74 Å². The summed E-state index contributed by atoms with van der Waals surface area (Å²) in [6, 6.07) is 13.1. The largest absolute Gasteiger partial charge is 0.573 e. The van der Waals surface area contributed by atoms with Gasteiger partial charge < -0.3 is 9.47 Å². The van der Waals surface area contributed by atoms with Crippen molar-refractivity contribution in [2.24, 2.45) is 0 Å². The summed E-state index contributed by atoms with van der Waals surface area (Å²) in [7, 11) is 0. The van der Waals surface area contributed by atoms with Crippen LogP contribution in [0.1, 0.15) is 5.56 Å². The van der Waals surface area contributed by atoms with Crippen molar-refractivity contribution in [3.05, 3.63) is 57.7 Å². The third-order valence-corrected chi connectivity index (χ3v) is 3.03. The minimum absolute atomic E-state index is 0.240. The molecule has 0 spiro atoms. The molecule has 2 aromatic carbocycles. The predicted molar refractivity (Wildman–Crippen MR) is 76.6 cm³/mol. The van der Waals surface area contributed by atoms with Gasteiger partial charge >= 0.3 is 6.36 Å². The van der Waals surface area contributed by atoms with E-state index in [1.807, 2.05) is 24.3 Å². The van der Waals surface area contributed by atoms with Gasteiger partial charge in [0.2, 0.25) is 0 Å². The van der Waals surface area contributed by atoms with E-state index in [1.165, 1.54) is 24.3 Å². The van der Waals surface area contributed by atoms with E-state index in [0.29, 0.717) is 5.75 Å². The van der Waals surface area contributed by atoms with Crippen LogP contribution in [0, 0.1) is 3.57 Å². The van der Waals surface area contributed by atoms with Crippen LogP contribution >= 0.6 is 22.6 Å². The minimum Gasteiger partial charge on any atom is -0.489 e. The molecule has 0 amide bonds. The number of ether oxygens (including phenoxy) is 2. The van der Waals surface area contributed by atoms with Crippen LogP contribution in [-0.4, -0.2) is 6.36 Å². The smallest absolute Gasteiger partial charge is 0.489 e. The van der Waals surface area contributed by atoms with Gasteiger partial charge in [0.15, 0.2) is 0 Å². The van der Waals surface area contributed by atoms with Crippen LogP contribution in [0.4, 0.5) is 13.2 Å². The van der Waals surface area contributed by atoms with Gasteiger partial charge in [0.25, 0.3) is 0 Å². The number of hydrogen-bond donors (Lipinski definition) is 0. The number of hydrogen-bond acceptors (Lipinski definition) is 2. The molecular weight excluding hydrogens is 384 g/mol. The molecule has 0 saturated carbocycles. The van der Waals surface area contributed by atoms with Gasteiger partial charge in [0, 0.05) is 3.57 Å². The van der Waals surface area contributed by atoms with Crippen molar-refractivity contribution in [2.45, 2.75) is 13.0 Å². The number of halogens is 4. The fraction of sp³-hybridized carbons (Fsp3) is 0.143. The predicted octanol–water partition coefficient (Wildman–Crippen LogP) is 4.77. The maximum atomic E-state index is 12.0. The van der Waals surface area contributed by atoms with Gasteiger partial charge in [-0.25, -0.2) is 0 Å². The Labute approximate surface area is 127 Å². The van der Waals surface area contributed by atoms with Crippen LogP contribution in [0.15, 0.2) is 48.5 Å². The first-order valence-corrected chi connectivity index (χ1v) is 6.73. The lowest BCUT2D eigenvalue weighted by Gasteiger charge is -2.10. The second kappa shape index (κ2) is 6.34. The Kier molecular flexibility index (Phi) is 4.74. The summed E-state index contributed by atoms with van der Waals surface area (Å²) in [6.45, 7) is 0.284. The minimum atomic E-state index is -4.67. The third-order valence-electron chi connectivity index (χ3n) is 2.36. The highest BCUT2D eigenvalue weighted by atomic mass is 127. The summed E-state index contributed by atoms with van der Waals surface area (Å²) in [5.41, 5.74) is 0.762. The molecule has 0 aliphatic carbocycles. The van der Waals surface area contributed by atoms with E-state index in [2.05, 4.69) is 27.3 Å². The second-order valence-corrected chi connectivity index (χ2v) is 5.18. The topological polar surface area (TPSA) is 18.5 Å². The van der Waals surface area contributed by atoms with E-state index < -0.39 is 6.36 Å². The molecule has 2 aromatic rings. The van der Waals surface area contributed by atoms with Crippen molar-refractivity contribution in [1.82, 2.24) is 0 Å². The summed E-state index contributed by atoms with van der Waals surface area (Å²) < 4.78 is 46.4. The highest BCUT2D eigenvalue weighted by Crippen LogP contribution is 2.23. The highest BCUT2D eigenvalue weighted by molar-refractivity contribution is 14.1. The van der Waals surface area contributed by atoms with Crippen LogP contribution in [0.2, 0.25) is 0 Å². The molecule has 0 bridgehead atoms. The fourth-order valence-corrected chi connectivity index (χ4v) is 2.03. The van der Waals surface area contributed by atoms with Gasteiger partial charge in [0.05, 0.1) is 0 Å². The first kappa shape index (κ1) is 15.0. The standard InChI is InChI=1S/C14H10F3IO2/c15-14(16,17)20-12-6-4-10(5-7-12)9-19-13-3-1-2-11(18)8-13/h1-8H,9H2. The lowest BCUT2D eigenvalue weighted by molar-refractivity contribution is -0.274. The lowest BCUT2D eigenvalue weighted by Crippen LogP contribution is -2.17. The zero-order chi connectivity index (χ0) is 14.6. The Balaban J connectivity index is 1.94. The fourth-order valence-electron chi connectivity index (χ4n) is 1.51. The molecular formula is C14H10F3IO2. The summed E-state index contributed by atoms with van der Waals surface area (Å²) in [6.07, 6.45) is -4.67. The molecule has 0 fully saturated rings. The van der Waals surface area contributed by atoms with Crippen molar-refractivity contribution in [3.8, 4) is 11.5 Å². The average molecular weight is 394 g/mol. The zero-order valence-corrected chi connectivity index (χ0v) is 12.3. The average Bonchev–Trinajstić information content (AvgIpc) is 2.36. The lowest BCUT2D eigenvalue weighted by atomic mass is 10.2.